The van der Waals surface area contributed by atoms with Gasteiger partial charge in [-0.15, -0.1) is 11.3 Å². The third-order valence-electron chi connectivity index (χ3n) is 5.43. The zero-order valence-electron chi connectivity index (χ0n) is 19.9. The van der Waals surface area contributed by atoms with E-state index in [9.17, 15) is 14.0 Å². The summed E-state index contributed by atoms with van der Waals surface area (Å²) in [7, 11) is 0. The van der Waals surface area contributed by atoms with Crippen molar-refractivity contribution in [2.45, 2.75) is 13.0 Å². The number of benzene rings is 2. The van der Waals surface area contributed by atoms with E-state index in [-0.39, 0.29) is 18.0 Å². The number of anilines is 2. The number of nitrogens with one attached hydrogen (secondary N) is 2. The molecule has 11 heteroatoms. The molecule has 0 aliphatic carbocycles. The summed E-state index contributed by atoms with van der Waals surface area (Å²) in [6.07, 6.45) is 4.64. The number of amides is 2. The molecule has 38 heavy (non-hydrogen) atoms. The van der Waals surface area contributed by atoms with E-state index in [0.29, 0.717) is 23.5 Å². The monoisotopic (exact) mass is 531 g/mol. The number of thiophene rings is 1. The van der Waals surface area contributed by atoms with Crippen molar-refractivity contribution >= 4 is 44.7 Å². The number of imidazole rings is 1. The fraction of sp³-hybridized carbons (Fsp3) is 0.111. The highest BCUT2D eigenvalue weighted by Crippen LogP contribution is 2.39. The molecule has 0 saturated carbocycles. The average molecular weight is 532 g/mol. The van der Waals surface area contributed by atoms with E-state index in [2.05, 4.69) is 20.6 Å². The lowest BCUT2D eigenvalue weighted by Gasteiger charge is -2.10. The maximum atomic E-state index is 14.9. The van der Waals surface area contributed by atoms with E-state index in [1.165, 1.54) is 23.5 Å². The van der Waals surface area contributed by atoms with Crippen LogP contribution in [-0.4, -0.2) is 38.1 Å². The minimum atomic E-state index is -0.680. The fourth-order valence-electron chi connectivity index (χ4n) is 3.70. The number of aromatic nitrogens is 3. The van der Waals surface area contributed by atoms with Crippen LogP contribution in [0, 0.1) is 5.82 Å². The number of nitrogens with zero attached hydrogens (tertiary/aromatic N) is 3. The molecule has 0 radical (unpaired) electrons. The summed E-state index contributed by atoms with van der Waals surface area (Å²) in [5, 5.41) is 14.3. The van der Waals surface area contributed by atoms with Gasteiger partial charge in [0, 0.05) is 42.4 Å². The SMILES string of the molecule is O=C(CC(=O)Nc1ccc(Oc2ccnc3cc(-c4cn(CCO)cn4)sc23)c(F)c1)Nc1ccccc1. The second-order valence-electron chi connectivity index (χ2n) is 8.24. The van der Waals surface area contributed by atoms with Gasteiger partial charge in [0.25, 0.3) is 0 Å². The van der Waals surface area contributed by atoms with Crippen LogP contribution in [-0.2, 0) is 16.1 Å². The van der Waals surface area contributed by atoms with Crippen molar-refractivity contribution in [3.8, 4) is 22.1 Å². The Hall–Kier alpha value is -4.61. The fourth-order valence-corrected chi connectivity index (χ4v) is 4.73. The van der Waals surface area contributed by atoms with Crippen LogP contribution in [0.15, 0.2) is 79.4 Å². The minimum absolute atomic E-state index is 0.0133. The molecule has 0 spiro atoms. The number of hydrogen-bond acceptors (Lipinski definition) is 7. The second-order valence-corrected chi connectivity index (χ2v) is 9.29. The molecule has 0 aliphatic heterocycles. The van der Waals surface area contributed by atoms with Crippen molar-refractivity contribution in [3.63, 3.8) is 0 Å². The Morgan fingerprint density at radius 3 is 2.53 bits per heavy atom. The highest BCUT2D eigenvalue weighted by Gasteiger charge is 2.15. The molecule has 0 fully saturated rings. The third-order valence-corrected chi connectivity index (χ3v) is 6.60. The van der Waals surface area contributed by atoms with Crippen molar-refractivity contribution in [3.05, 3.63) is 85.2 Å². The molecule has 192 valence electrons. The minimum Gasteiger partial charge on any atom is -0.453 e. The lowest BCUT2D eigenvalue weighted by molar-refractivity contribution is -0.123. The van der Waals surface area contributed by atoms with Crippen molar-refractivity contribution < 1.29 is 23.8 Å². The number of ether oxygens (including phenoxy) is 1. The maximum Gasteiger partial charge on any atom is 0.233 e. The number of rotatable bonds is 9. The van der Waals surface area contributed by atoms with Gasteiger partial charge >= 0.3 is 0 Å². The number of aliphatic hydroxyl groups is 1. The van der Waals surface area contributed by atoms with Gasteiger partial charge < -0.3 is 25.0 Å². The number of pyridine rings is 1. The number of fused-ring (bicyclic) bond motifs is 1. The van der Waals surface area contributed by atoms with Crippen LogP contribution in [0.3, 0.4) is 0 Å². The number of aliphatic hydroxyl groups excluding tert-OH is 1. The van der Waals surface area contributed by atoms with Gasteiger partial charge in [0.2, 0.25) is 11.8 Å². The number of para-hydroxylation sites is 1. The number of carbonyl (C=O) groups is 2. The normalized spacial score (nSPS) is 10.9. The van der Waals surface area contributed by atoms with Gasteiger partial charge in [-0.3, -0.25) is 14.6 Å². The number of halogens is 1. The Bertz CT molecular complexity index is 1600. The van der Waals surface area contributed by atoms with Crippen LogP contribution in [0.2, 0.25) is 0 Å². The first kappa shape index (κ1) is 25.1. The molecule has 2 aromatic carbocycles. The first-order chi connectivity index (χ1) is 18.5. The summed E-state index contributed by atoms with van der Waals surface area (Å²) >= 11 is 1.41. The molecular weight excluding hydrogens is 509 g/mol. The lowest BCUT2D eigenvalue weighted by Crippen LogP contribution is -2.21. The summed E-state index contributed by atoms with van der Waals surface area (Å²) in [6.45, 7) is 0.459. The molecule has 3 heterocycles. The number of hydrogen-bond donors (Lipinski definition) is 3. The molecule has 3 aromatic heterocycles. The van der Waals surface area contributed by atoms with Crippen molar-refractivity contribution in [1.29, 1.82) is 0 Å². The molecule has 0 atom stereocenters. The van der Waals surface area contributed by atoms with Crippen molar-refractivity contribution in [2.75, 3.05) is 17.2 Å². The Balaban J connectivity index is 1.26. The van der Waals surface area contributed by atoms with Crippen LogP contribution in [0.1, 0.15) is 6.42 Å². The van der Waals surface area contributed by atoms with Crippen LogP contribution < -0.4 is 15.4 Å². The van der Waals surface area contributed by atoms with E-state index in [0.717, 1.165) is 21.3 Å². The van der Waals surface area contributed by atoms with E-state index in [1.54, 1.807) is 47.4 Å². The summed E-state index contributed by atoms with van der Waals surface area (Å²) in [5.74, 6) is -1.34. The molecule has 2 amide bonds. The molecule has 3 N–H and O–H groups in total. The molecule has 0 unspecified atom stereocenters. The lowest BCUT2D eigenvalue weighted by atomic mass is 10.2. The van der Waals surface area contributed by atoms with Crippen molar-refractivity contribution in [1.82, 2.24) is 14.5 Å². The molecule has 9 nitrogen and oxygen atoms in total. The summed E-state index contributed by atoms with van der Waals surface area (Å²) in [4.78, 5) is 33.9. The zero-order chi connectivity index (χ0) is 26.5. The van der Waals surface area contributed by atoms with Gasteiger partial charge in [0.05, 0.1) is 33.7 Å². The Kier molecular flexibility index (Phi) is 7.38. The Labute approximate surface area is 220 Å². The first-order valence-electron chi connectivity index (χ1n) is 11.6. The summed E-state index contributed by atoms with van der Waals surface area (Å²) in [5.41, 5.74) is 2.19. The first-order valence-corrected chi connectivity index (χ1v) is 12.4. The van der Waals surface area contributed by atoms with Gasteiger partial charge in [0.1, 0.15) is 12.2 Å². The second kappa shape index (κ2) is 11.2. The molecular formula is C27H22FN5O4S. The van der Waals surface area contributed by atoms with Gasteiger partial charge in [-0.25, -0.2) is 9.37 Å². The van der Waals surface area contributed by atoms with Gasteiger partial charge in [-0.05, 0) is 30.3 Å². The predicted octanol–water partition coefficient (Wildman–Crippen LogP) is 5.05. The standard InChI is InChI=1S/C27H22FN5O4S/c28-19-12-18(32-26(36)14-25(35)31-17-4-2-1-3-5-17)6-7-22(19)37-23-8-9-29-20-13-24(38-27(20)23)21-15-33(10-11-34)16-30-21/h1-9,12-13,15-16,34H,10-11,14H2,(H,31,35)(H,32,36). The van der Waals surface area contributed by atoms with E-state index in [4.69, 9.17) is 9.84 Å². The average Bonchev–Trinajstić information content (AvgIpc) is 3.54. The number of carbonyl (C=O) groups excluding carboxylic acids is 2. The van der Waals surface area contributed by atoms with Gasteiger partial charge in [-0.2, -0.15) is 0 Å². The molecule has 5 aromatic rings. The van der Waals surface area contributed by atoms with E-state index < -0.39 is 24.1 Å². The molecule has 0 aliphatic rings. The van der Waals surface area contributed by atoms with E-state index >= 15 is 0 Å². The summed E-state index contributed by atoms with van der Waals surface area (Å²) < 4.78 is 23.3. The zero-order valence-corrected chi connectivity index (χ0v) is 20.7. The highest BCUT2D eigenvalue weighted by molar-refractivity contribution is 7.22. The van der Waals surface area contributed by atoms with Crippen LogP contribution in [0.4, 0.5) is 15.8 Å². The largest absolute Gasteiger partial charge is 0.453 e. The van der Waals surface area contributed by atoms with E-state index in [1.807, 2.05) is 18.3 Å². The van der Waals surface area contributed by atoms with Gasteiger partial charge in [0.15, 0.2) is 11.6 Å². The van der Waals surface area contributed by atoms with Crippen LogP contribution in [0.25, 0.3) is 20.8 Å². The van der Waals surface area contributed by atoms with Crippen molar-refractivity contribution in [2.24, 2.45) is 0 Å². The Morgan fingerprint density at radius 1 is 0.974 bits per heavy atom. The molecule has 5 rings (SSSR count). The molecule has 0 saturated heterocycles. The topological polar surface area (TPSA) is 118 Å². The van der Waals surface area contributed by atoms with Crippen LogP contribution in [0.5, 0.6) is 11.5 Å². The summed E-state index contributed by atoms with van der Waals surface area (Å²) in [6, 6.07) is 16.3. The third kappa shape index (κ3) is 5.85. The maximum absolute atomic E-state index is 14.9. The smallest absolute Gasteiger partial charge is 0.233 e. The van der Waals surface area contributed by atoms with Crippen LogP contribution >= 0.6 is 11.3 Å². The Morgan fingerprint density at radius 2 is 1.76 bits per heavy atom. The molecule has 0 bridgehead atoms. The quantitative estimate of drug-likeness (QED) is 0.229. The highest BCUT2D eigenvalue weighted by atomic mass is 32.1. The van der Waals surface area contributed by atoms with Gasteiger partial charge in [-0.1, -0.05) is 18.2 Å². The predicted molar refractivity (Wildman–Crippen MR) is 143 cm³/mol.